The molecule has 0 fully saturated rings. The summed E-state index contributed by atoms with van der Waals surface area (Å²) in [6.45, 7) is 4.84. The van der Waals surface area contributed by atoms with Crippen LogP contribution < -0.4 is 14.8 Å². The Balaban J connectivity index is 1.67. The topological polar surface area (TPSA) is 56.9 Å². The average molecular weight is 489 g/mol. The number of fused-ring (bicyclic) bond motifs is 1. The zero-order chi connectivity index (χ0) is 23.5. The van der Waals surface area contributed by atoms with Crippen molar-refractivity contribution in [2.45, 2.75) is 20.3 Å². The Morgan fingerprint density at radius 2 is 1.85 bits per heavy atom. The zero-order valence-electron chi connectivity index (χ0n) is 19.2. The lowest BCUT2D eigenvalue weighted by atomic mass is 10.1. The van der Waals surface area contributed by atoms with Crippen LogP contribution in [-0.4, -0.2) is 18.7 Å². The normalized spacial score (nSPS) is 11.8. The molecule has 7 heteroatoms. The summed E-state index contributed by atoms with van der Waals surface area (Å²) in [6, 6.07) is 19.8. The first-order valence-electron chi connectivity index (χ1n) is 11.1. The molecular formula is C27H24N2O3S2. The Morgan fingerprint density at radius 1 is 1.03 bits per heavy atom. The Hall–Kier alpha value is -3.42. The van der Waals surface area contributed by atoms with Gasteiger partial charge in [0.05, 0.1) is 29.6 Å². The molecule has 0 radical (unpaired) electrons. The summed E-state index contributed by atoms with van der Waals surface area (Å²) < 4.78 is 17.4. The van der Waals surface area contributed by atoms with Crippen LogP contribution in [-0.2, 0) is 0 Å². The van der Waals surface area contributed by atoms with Gasteiger partial charge in [-0.25, -0.2) is 9.98 Å². The predicted octanol–water partition coefficient (Wildman–Crippen LogP) is 7.62. The maximum absolute atomic E-state index is 6.28. The van der Waals surface area contributed by atoms with Crippen LogP contribution in [0.1, 0.15) is 18.2 Å². The Kier molecular flexibility index (Phi) is 6.47. The minimum Gasteiger partial charge on any atom is -0.497 e. The maximum Gasteiger partial charge on any atom is 0.210 e. The molecule has 0 aliphatic carbocycles. The quantitative estimate of drug-likeness (QED) is 0.236. The standard InChI is InChI=1S/C27H24N2O3S2/c1-4-13-31-20-11-12-23-21(15-20)22(16-24(32-23)18-7-9-19(30-3)10-8-18)28-27-29-26(17(2)34-27)25-6-5-14-33-25/h5-12,14-16H,4,13H2,1-3H3. The van der Waals surface area contributed by atoms with Gasteiger partial charge in [-0.2, -0.15) is 0 Å². The van der Waals surface area contributed by atoms with Crippen molar-refractivity contribution in [2.75, 3.05) is 13.7 Å². The number of methoxy groups -OCH3 is 1. The lowest BCUT2D eigenvalue weighted by Crippen LogP contribution is -2.04. The molecule has 0 spiro atoms. The van der Waals surface area contributed by atoms with E-state index in [4.69, 9.17) is 23.9 Å². The summed E-state index contributed by atoms with van der Waals surface area (Å²) in [5, 5.41) is 4.46. The number of aryl methyl sites for hydroxylation is 1. The molecule has 3 aromatic heterocycles. The molecule has 0 N–H and O–H groups in total. The van der Waals surface area contributed by atoms with Crippen LogP contribution in [0, 0.1) is 6.92 Å². The summed E-state index contributed by atoms with van der Waals surface area (Å²) in [5.41, 5.74) is 2.67. The molecule has 0 atom stereocenters. The van der Waals surface area contributed by atoms with Crippen LogP contribution >= 0.6 is 22.7 Å². The summed E-state index contributed by atoms with van der Waals surface area (Å²) in [7, 11) is 1.66. The molecule has 172 valence electrons. The first-order valence-corrected chi connectivity index (χ1v) is 12.8. The number of hydrogen-bond donors (Lipinski definition) is 0. The van der Waals surface area contributed by atoms with Crippen molar-refractivity contribution < 1.29 is 13.9 Å². The Bertz CT molecular complexity index is 1480. The van der Waals surface area contributed by atoms with E-state index >= 15 is 0 Å². The van der Waals surface area contributed by atoms with Gasteiger partial charge in [0, 0.05) is 21.9 Å². The van der Waals surface area contributed by atoms with Crippen LogP contribution in [0.2, 0.25) is 0 Å². The van der Waals surface area contributed by atoms with Gasteiger partial charge in [0.15, 0.2) is 0 Å². The SMILES string of the molecule is CCCOc1ccc2oc(-c3ccc(OC)cc3)cc(=Nc3nc(-c4cccs4)c(C)s3)c2c1. The largest absolute Gasteiger partial charge is 0.497 e. The molecular weight excluding hydrogens is 464 g/mol. The Morgan fingerprint density at radius 3 is 2.59 bits per heavy atom. The fourth-order valence-corrected chi connectivity index (χ4v) is 5.27. The highest BCUT2D eigenvalue weighted by Gasteiger charge is 2.12. The number of thiophene rings is 1. The third-order valence-electron chi connectivity index (χ3n) is 5.32. The zero-order valence-corrected chi connectivity index (χ0v) is 20.8. The van der Waals surface area contributed by atoms with Crippen molar-refractivity contribution >= 4 is 38.8 Å². The highest BCUT2D eigenvalue weighted by molar-refractivity contribution is 7.17. The highest BCUT2D eigenvalue weighted by Crippen LogP contribution is 2.34. The van der Waals surface area contributed by atoms with E-state index in [1.165, 1.54) is 0 Å². The van der Waals surface area contributed by atoms with E-state index < -0.39 is 0 Å². The summed E-state index contributed by atoms with van der Waals surface area (Å²) in [6.07, 6.45) is 0.944. The maximum atomic E-state index is 6.28. The van der Waals surface area contributed by atoms with Crippen molar-refractivity contribution in [1.82, 2.24) is 4.98 Å². The number of nitrogens with zero attached hydrogens (tertiary/aromatic N) is 2. The molecule has 5 aromatic rings. The molecule has 0 unspecified atom stereocenters. The van der Waals surface area contributed by atoms with Gasteiger partial charge in [0.1, 0.15) is 22.8 Å². The minimum absolute atomic E-state index is 0.662. The van der Waals surface area contributed by atoms with Gasteiger partial charge in [-0.05, 0) is 67.3 Å². The predicted molar refractivity (Wildman–Crippen MR) is 139 cm³/mol. The molecule has 0 aliphatic rings. The number of rotatable bonds is 7. The van der Waals surface area contributed by atoms with Crippen molar-refractivity contribution in [3.05, 3.63) is 76.3 Å². The van der Waals surface area contributed by atoms with E-state index in [1.54, 1.807) is 29.8 Å². The van der Waals surface area contributed by atoms with Crippen LogP contribution in [0.15, 0.2) is 75.5 Å². The third kappa shape index (κ3) is 4.62. The molecule has 0 bridgehead atoms. The van der Waals surface area contributed by atoms with Crippen LogP contribution in [0.5, 0.6) is 11.5 Å². The van der Waals surface area contributed by atoms with Gasteiger partial charge in [-0.15, -0.1) is 11.3 Å². The van der Waals surface area contributed by atoms with Gasteiger partial charge in [-0.1, -0.05) is 24.3 Å². The third-order valence-corrected chi connectivity index (χ3v) is 7.06. The second-order valence-corrected chi connectivity index (χ2v) is 9.85. The van der Waals surface area contributed by atoms with Gasteiger partial charge in [0.25, 0.3) is 0 Å². The molecule has 34 heavy (non-hydrogen) atoms. The lowest BCUT2D eigenvalue weighted by Gasteiger charge is -2.08. The number of aromatic nitrogens is 1. The first-order chi connectivity index (χ1) is 16.6. The van der Waals surface area contributed by atoms with Gasteiger partial charge in [-0.3, -0.25) is 0 Å². The molecule has 5 nitrogen and oxygen atoms in total. The number of thiazole rings is 1. The summed E-state index contributed by atoms with van der Waals surface area (Å²) in [5.74, 6) is 2.32. The van der Waals surface area contributed by atoms with Gasteiger partial charge >= 0.3 is 0 Å². The molecule has 3 heterocycles. The molecule has 0 saturated heterocycles. The second-order valence-electron chi connectivity index (χ2n) is 7.72. The summed E-state index contributed by atoms with van der Waals surface area (Å²) >= 11 is 3.28. The fraction of sp³-hybridized carbons (Fsp3) is 0.185. The van der Waals surface area contributed by atoms with E-state index in [-0.39, 0.29) is 0 Å². The monoisotopic (exact) mass is 488 g/mol. The first kappa shape index (κ1) is 22.4. The summed E-state index contributed by atoms with van der Waals surface area (Å²) in [4.78, 5) is 12.1. The molecule has 0 amide bonds. The smallest absolute Gasteiger partial charge is 0.210 e. The van der Waals surface area contributed by atoms with E-state index in [0.717, 1.165) is 61.0 Å². The number of hydrogen-bond acceptors (Lipinski definition) is 7. The lowest BCUT2D eigenvalue weighted by molar-refractivity contribution is 0.317. The van der Waals surface area contributed by atoms with E-state index in [9.17, 15) is 0 Å². The van der Waals surface area contributed by atoms with Gasteiger partial charge < -0.3 is 13.9 Å². The van der Waals surface area contributed by atoms with Crippen LogP contribution in [0.4, 0.5) is 5.13 Å². The van der Waals surface area contributed by atoms with Crippen LogP contribution in [0.3, 0.4) is 0 Å². The highest BCUT2D eigenvalue weighted by atomic mass is 32.1. The van der Waals surface area contributed by atoms with E-state index in [0.29, 0.717) is 11.7 Å². The molecule has 0 saturated carbocycles. The van der Waals surface area contributed by atoms with E-state index in [2.05, 4.69) is 25.3 Å². The Labute approximate surface area is 206 Å². The van der Waals surface area contributed by atoms with Crippen molar-refractivity contribution in [1.29, 1.82) is 0 Å². The average Bonchev–Trinajstić information content (AvgIpc) is 3.52. The number of ether oxygens (including phenoxy) is 2. The van der Waals surface area contributed by atoms with Crippen molar-refractivity contribution in [3.63, 3.8) is 0 Å². The van der Waals surface area contributed by atoms with Gasteiger partial charge in [0.2, 0.25) is 5.13 Å². The second kappa shape index (κ2) is 9.83. The molecule has 2 aromatic carbocycles. The van der Waals surface area contributed by atoms with Crippen LogP contribution in [0.25, 0.3) is 32.9 Å². The molecule has 5 rings (SSSR count). The van der Waals surface area contributed by atoms with E-state index in [1.807, 2.05) is 54.6 Å². The molecule has 0 aliphatic heterocycles. The fourth-order valence-electron chi connectivity index (χ4n) is 3.62. The van der Waals surface area contributed by atoms with Crippen molar-refractivity contribution in [3.8, 4) is 33.4 Å². The van der Waals surface area contributed by atoms with Crippen molar-refractivity contribution in [2.24, 2.45) is 4.99 Å². The minimum atomic E-state index is 0.662. The number of benzene rings is 2.